The minimum Gasteiger partial charge on any atom is -0.379 e. The Kier molecular flexibility index (Phi) is 5.47. The summed E-state index contributed by atoms with van der Waals surface area (Å²) in [5.41, 5.74) is 1.72. The van der Waals surface area contributed by atoms with Crippen LogP contribution in [0.5, 0.6) is 5.75 Å². The molecule has 0 aliphatic rings. The second kappa shape index (κ2) is 8.19. The van der Waals surface area contributed by atoms with Crippen LogP contribution in [0.25, 0.3) is 10.8 Å². The molecule has 144 valence electrons. The Balaban J connectivity index is 1.52. The number of rotatable bonds is 5. The van der Waals surface area contributed by atoms with E-state index in [9.17, 15) is 8.42 Å². The van der Waals surface area contributed by atoms with Gasteiger partial charge in [-0.15, -0.1) is 0 Å². The predicted molar refractivity (Wildman–Crippen MR) is 120 cm³/mol. The average molecular weight is 466 g/mol. The molecule has 0 spiro atoms. The molecule has 0 N–H and O–H groups in total. The quantitative estimate of drug-likeness (QED) is 0.263. The van der Waals surface area contributed by atoms with E-state index in [1.807, 2.05) is 24.3 Å². The van der Waals surface area contributed by atoms with Gasteiger partial charge < -0.3 is 4.18 Å². The van der Waals surface area contributed by atoms with Crippen molar-refractivity contribution in [1.82, 2.24) is 0 Å². The number of hydrogen-bond acceptors (Lipinski definition) is 4. The van der Waals surface area contributed by atoms with Crippen LogP contribution in [0.1, 0.15) is 5.56 Å². The van der Waals surface area contributed by atoms with E-state index in [1.165, 1.54) is 12.1 Å². The Morgan fingerprint density at radius 1 is 0.793 bits per heavy atom. The zero-order valence-corrected chi connectivity index (χ0v) is 17.6. The van der Waals surface area contributed by atoms with E-state index >= 15 is 0 Å². The predicted octanol–water partition coefficient (Wildman–Crippen LogP) is 6.12. The van der Waals surface area contributed by atoms with Gasteiger partial charge in [0, 0.05) is 16.3 Å². The van der Waals surface area contributed by atoms with Gasteiger partial charge in [-0.1, -0.05) is 58.4 Å². The fraction of sp³-hybridized carbons (Fsp3) is 0. The molecule has 4 aromatic rings. The van der Waals surface area contributed by atoms with Crippen LogP contribution in [0.15, 0.2) is 105 Å². The van der Waals surface area contributed by atoms with Crippen molar-refractivity contribution < 1.29 is 12.6 Å². The van der Waals surface area contributed by atoms with Gasteiger partial charge in [0.05, 0.1) is 5.69 Å². The minimum atomic E-state index is -3.88. The van der Waals surface area contributed by atoms with Gasteiger partial charge in [-0.25, -0.2) is 0 Å². The maximum atomic E-state index is 12.4. The highest BCUT2D eigenvalue weighted by Crippen LogP contribution is 2.24. The smallest absolute Gasteiger partial charge is 0.339 e. The van der Waals surface area contributed by atoms with Crippen LogP contribution in [-0.4, -0.2) is 14.6 Å². The Bertz CT molecular complexity index is 1280. The highest BCUT2D eigenvalue weighted by molar-refractivity contribution is 9.10. The summed E-state index contributed by atoms with van der Waals surface area (Å²) in [4.78, 5) is 4.59. The zero-order chi connectivity index (χ0) is 20.3. The molecule has 0 unspecified atom stereocenters. The summed E-state index contributed by atoms with van der Waals surface area (Å²) in [5, 5.41) is 2.28. The lowest BCUT2D eigenvalue weighted by molar-refractivity contribution is 0.486. The number of benzene rings is 4. The standard InChI is InChI=1S/C23H16BrNO3S/c24-19-8-14-22(15-9-19)29(26,27)28-21-12-10-20(11-13-21)25-16-18-6-3-5-17-4-1-2-7-23(17)18/h1-16H. The third kappa shape index (κ3) is 4.55. The first-order chi connectivity index (χ1) is 14.0. The molecular weight excluding hydrogens is 450 g/mol. The lowest BCUT2D eigenvalue weighted by Crippen LogP contribution is -2.09. The van der Waals surface area contributed by atoms with E-state index in [4.69, 9.17) is 4.18 Å². The van der Waals surface area contributed by atoms with Crippen LogP contribution in [0.2, 0.25) is 0 Å². The normalized spacial score (nSPS) is 11.8. The van der Waals surface area contributed by atoms with Crippen LogP contribution < -0.4 is 4.18 Å². The van der Waals surface area contributed by atoms with E-state index in [0.29, 0.717) is 5.69 Å². The molecule has 4 aromatic carbocycles. The molecule has 4 rings (SSSR count). The van der Waals surface area contributed by atoms with Gasteiger partial charge >= 0.3 is 10.1 Å². The fourth-order valence-corrected chi connectivity index (χ4v) is 4.07. The average Bonchev–Trinajstić information content (AvgIpc) is 2.73. The van der Waals surface area contributed by atoms with Gasteiger partial charge in [0.2, 0.25) is 0 Å². The number of halogens is 1. The Hall–Kier alpha value is -2.96. The van der Waals surface area contributed by atoms with Gasteiger partial charge in [-0.2, -0.15) is 8.42 Å². The van der Waals surface area contributed by atoms with E-state index in [-0.39, 0.29) is 10.6 Å². The van der Waals surface area contributed by atoms with Crippen molar-refractivity contribution in [3.05, 3.63) is 101 Å². The van der Waals surface area contributed by atoms with Crippen molar-refractivity contribution in [3.63, 3.8) is 0 Å². The molecular formula is C23H16BrNO3S. The molecule has 0 aliphatic carbocycles. The molecule has 0 saturated carbocycles. The minimum absolute atomic E-state index is 0.0961. The Labute approximate surface area is 177 Å². The SMILES string of the molecule is O=S(=O)(Oc1ccc(N=Cc2cccc3ccccc23)cc1)c1ccc(Br)cc1. The van der Waals surface area contributed by atoms with Gasteiger partial charge in [0.25, 0.3) is 0 Å². The zero-order valence-electron chi connectivity index (χ0n) is 15.2. The van der Waals surface area contributed by atoms with Crippen molar-refractivity contribution in [2.24, 2.45) is 4.99 Å². The van der Waals surface area contributed by atoms with Crippen LogP contribution in [-0.2, 0) is 10.1 Å². The molecule has 6 heteroatoms. The summed E-state index contributed by atoms with van der Waals surface area (Å²) in [6, 6.07) is 27.1. The first kappa shape index (κ1) is 19.4. The maximum absolute atomic E-state index is 12.4. The number of hydrogen-bond donors (Lipinski definition) is 0. The molecule has 0 amide bonds. The highest BCUT2D eigenvalue weighted by atomic mass is 79.9. The molecule has 0 atom stereocenters. The molecule has 0 aliphatic heterocycles. The summed E-state index contributed by atoms with van der Waals surface area (Å²) >= 11 is 3.28. The summed E-state index contributed by atoms with van der Waals surface area (Å²) < 4.78 is 30.7. The van der Waals surface area contributed by atoms with Crippen molar-refractivity contribution in [1.29, 1.82) is 0 Å². The summed E-state index contributed by atoms with van der Waals surface area (Å²) in [7, 11) is -3.88. The molecule has 0 radical (unpaired) electrons. The first-order valence-corrected chi connectivity index (χ1v) is 11.0. The lowest BCUT2D eigenvalue weighted by atomic mass is 10.1. The Morgan fingerprint density at radius 3 is 2.24 bits per heavy atom. The highest BCUT2D eigenvalue weighted by Gasteiger charge is 2.16. The van der Waals surface area contributed by atoms with Crippen molar-refractivity contribution in [3.8, 4) is 5.75 Å². The van der Waals surface area contributed by atoms with Crippen LogP contribution in [0.4, 0.5) is 5.69 Å². The third-order valence-corrected chi connectivity index (χ3v) is 6.11. The van der Waals surface area contributed by atoms with E-state index in [0.717, 1.165) is 20.8 Å². The van der Waals surface area contributed by atoms with Gasteiger partial charge in [0.15, 0.2) is 0 Å². The van der Waals surface area contributed by atoms with E-state index in [2.05, 4.69) is 39.1 Å². The van der Waals surface area contributed by atoms with Crippen LogP contribution in [0.3, 0.4) is 0 Å². The molecule has 0 fully saturated rings. The maximum Gasteiger partial charge on any atom is 0.339 e. The Morgan fingerprint density at radius 2 is 1.48 bits per heavy atom. The molecule has 0 heterocycles. The summed E-state index contributed by atoms with van der Waals surface area (Å²) in [5.74, 6) is 0.233. The lowest BCUT2D eigenvalue weighted by Gasteiger charge is -2.07. The summed E-state index contributed by atoms with van der Waals surface area (Å²) in [6.07, 6.45) is 1.80. The van der Waals surface area contributed by atoms with Crippen molar-refractivity contribution in [2.45, 2.75) is 4.90 Å². The van der Waals surface area contributed by atoms with E-state index in [1.54, 1.807) is 42.6 Å². The fourth-order valence-electron chi connectivity index (χ4n) is 2.87. The third-order valence-electron chi connectivity index (χ3n) is 4.32. The molecule has 0 bridgehead atoms. The molecule has 29 heavy (non-hydrogen) atoms. The topological polar surface area (TPSA) is 55.7 Å². The number of nitrogens with zero attached hydrogens (tertiary/aromatic N) is 1. The van der Waals surface area contributed by atoms with Crippen LogP contribution >= 0.6 is 15.9 Å². The monoisotopic (exact) mass is 465 g/mol. The second-order valence-electron chi connectivity index (χ2n) is 6.31. The van der Waals surface area contributed by atoms with Gasteiger partial charge in [-0.05, 0) is 59.3 Å². The number of aliphatic imine (C=N–C) groups is 1. The van der Waals surface area contributed by atoms with Crippen molar-refractivity contribution in [2.75, 3.05) is 0 Å². The molecule has 4 nitrogen and oxygen atoms in total. The summed E-state index contributed by atoms with van der Waals surface area (Å²) in [6.45, 7) is 0. The van der Waals surface area contributed by atoms with Crippen LogP contribution in [0, 0.1) is 0 Å². The molecule has 0 aromatic heterocycles. The first-order valence-electron chi connectivity index (χ1n) is 8.83. The van der Waals surface area contributed by atoms with Crippen molar-refractivity contribution >= 4 is 48.7 Å². The van der Waals surface area contributed by atoms with Gasteiger partial charge in [-0.3, -0.25) is 4.99 Å². The molecule has 0 saturated heterocycles. The van der Waals surface area contributed by atoms with E-state index < -0.39 is 10.1 Å². The second-order valence-corrected chi connectivity index (χ2v) is 8.77. The van der Waals surface area contributed by atoms with Gasteiger partial charge in [0.1, 0.15) is 10.6 Å². The largest absolute Gasteiger partial charge is 0.379 e. The number of fused-ring (bicyclic) bond motifs is 1.